The van der Waals surface area contributed by atoms with Gasteiger partial charge in [-0.25, -0.2) is 4.79 Å². The third-order valence-corrected chi connectivity index (χ3v) is 3.38. The second-order valence-electron chi connectivity index (χ2n) is 6.58. The molecule has 0 aromatic heterocycles. The van der Waals surface area contributed by atoms with Crippen LogP contribution < -0.4 is 10.6 Å². The first-order valence-corrected chi connectivity index (χ1v) is 8.45. The summed E-state index contributed by atoms with van der Waals surface area (Å²) in [4.78, 5) is 24.5. The average molecular weight is 336 g/mol. The molecule has 0 saturated heterocycles. The molecular formula is C19H32N2O3. The van der Waals surface area contributed by atoms with Gasteiger partial charge in [-0.3, -0.25) is 4.79 Å². The molecule has 5 heteroatoms. The van der Waals surface area contributed by atoms with Crippen LogP contribution in [0, 0.1) is 6.92 Å². The van der Waals surface area contributed by atoms with Gasteiger partial charge in [0, 0.05) is 5.69 Å². The van der Waals surface area contributed by atoms with Crippen LogP contribution in [-0.2, 0) is 9.53 Å². The van der Waals surface area contributed by atoms with Crippen molar-refractivity contribution in [2.45, 2.75) is 73.0 Å². The fraction of sp³-hybridized carbons (Fsp3) is 0.579. The maximum absolute atomic E-state index is 12.5. The molecule has 1 atom stereocenters. The molecule has 0 radical (unpaired) electrons. The first-order chi connectivity index (χ1) is 11.1. The van der Waals surface area contributed by atoms with E-state index in [1.165, 1.54) is 0 Å². The smallest absolute Gasteiger partial charge is 0.408 e. The molecule has 2 N–H and O–H groups in total. The van der Waals surface area contributed by atoms with E-state index in [2.05, 4.69) is 10.6 Å². The Morgan fingerprint density at radius 3 is 2.08 bits per heavy atom. The zero-order valence-corrected chi connectivity index (χ0v) is 16.2. The van der Waals surface area contributed by atoms with Crippen LogP contribution in [0.3, 0.4) is 0 Å². The molecule has 1 aromatic rings. The van der Waals surface area contributed by atoms with Gasteiger partial charge >= 0.3 is 6.09 Å². The van der Waals surface area contributed by atoms with Crippen molar-refractivity contribution >= 4 is 17.7 Å². The molecule has 24 heavy (non-hydrogen) atoms. The predicted octanol–water partition coefficient (Wildman–Crippen LogP) is 4.65. The fourth-order valence-corrected chi connectivity index (χ4v) is 1.81. The Bertz CT molecular complexity index is 550. The lowest BCUT2D eigenvalue weighted by Crippen LogP contribution is -2.55. The molecule has 0 aliphatic carbocycles. The number of hydrogen-bond donors (Lipinski definition) is 2. The number of carbonyl (C=O) groups is 2. The van der Waals surface area contributed by atoms with Crippen LogP contribution in [0.5, 0.6) is 0 Å². The molecule has 5 nitrogen and oxygen atoms in total. The molecule has 0 bridgehead atoms. The minimum atomic E-state index is -1.04. The largest absolute Gasteiger partial charge is 0.444 e. The molecule has 1 aromatic carbocycles. The third-order valence-electron chi connectivity index (χ3n) is 3.38. The topological polar surface area (TPSA) is 67.4 Å². The van der Waals surface area contributed by atoms with E-state index in [-0.39, 0.29) is 5.91 Å². The van der Waals surface area contributed by atoms with Crippen LogP contribution in [0.2, 0.25) is 0 Å². The Balaban J connectivity index is 0.00000254. The predicted molar refractivity (Wildman–Crippen MR) is 99.2 cm³/mol. The third kappa shape index (κ3) is 7.02. The summed E-state index contributed by atoms with van der Waals surface area (Å²) in [5.74, 6) is -0.268. The van der Waals surface area contributed by atoms with Crippen molar-refractivity contribution in [2.75, 3.05) is 5.32 Å². The van der Waals surface area contributed by atoms with Crippen LogP contribution in [0.15, 0.2) is 24.3 Å². The molecule has 0 aliphatic rings. The number of carbonyl (C=O) groups excluding carboxylic acids is 2. The Hall–Kier alpha value is -2.04. The molecule has 0 fully saturated rings. The number of benzene rings is 1. The molecule has 0 spiro atoms. The zero-order chi connectivity index (χ0) is 19.0. The first-order valence-electron chi connectivity index (χ1n) is 8.45. The Morgan fingerprint density at radius 2 is 1.62 bits per heavy atom. The van der Waals surface area contributed by atoms with Crippen molar-refractivity contribution in [2.24, 2.45) is 0 Å². The fourth-order valence-electron chi connectivity index (χ4n) is 1.81. The number of alkyl carbamates (subject to hydrolysis) is 1. The molecule has 0 aliphatic heterocycles. The summed E-state index contributed by atoms with van der Waals surface area (Å²) in [6, 6.07) is 7.51. The van der Waals surface area contributed by atoms with E-state index in [4.69, 9.17) is 4.74 Å². The van der Waals surface area contributed by atoms with Gasteiger partial charge in [-0.1, -0.05) is 39.0 Å². The van der Waals surface area contributed by atoms with Gasteiger partial charge in [0.1, 0.15) is 11.1 Å². The summed E-state index contributed by atoms with van der Waals surface area (Å²) in [5.41, 5.74) is 0.0558. The zero-order valence-electron chi connectivity index (χ0n) is 16.2. The lowest BCUT2D eigenvalue weighted by atomic mass is 9.97. The van der Waals surface area contributed by atoms with Crippen LogP contribution >= 0.6 is 0 Å². The van der Waals surface area contributed by atoms with E-state index in [0.29, 0.717) is 6.42 Å². The van der Waals surface area contributed by atoms with Gasteiger partial charge in [-0.05, 0) is 52.7 Å². The number of rotatable bonds is 4. The summed E-state index contributed by atoms with van der Waals surface area (Å²) < 4.78 is 5.23. The van der Waals surface area contributed by atoms with Gasteiger partial charge in [0.25, 0.3) is 0 Å². The number of aryl methyl sites for hydroxylation is 1. The second-order valence-corrected chi connectivity index (χ2v) is 6.58. The highest BCUT2D eigenvalue weighted by Crippen LogP contribution is 2.18. The molecule has 1 rings (SSSR count). The van der Waals surface area contributed by atoms with Crippen molar-refractivity contribution in [1.29, 1.82) is 0 Å². The first kappa shape index (κ1) is 22.0. The van der Waals surface area contributed by atoms with Crippen molar-refractivity contribution in [3.8, 4) is 0 Å². The lowest BCUT2D eigenvalue weighted by molar-refractivity contribution is -0.122. The highest BCUT2D eigenvalue weighted by atomic mass is 16.6. The standard InChI is InChI=1S/C17H26N2O3.C2H6/c1-7-17(6,19-15(21)22-16(3,4)5)14(20)18-13-11-9-8-10-12(13)2;1-2/h8-11H,7H2,1-6H3,(H,18,20)(H,19,21);1-2H3. The van der Waals surface area contributed by atoms with Gasteiger partial charge in [-0.2, -0.15) is 0 Å². The highest BCUT2D eigenvalue weighted by molar-refractivity contribution is 6.00. The van der Waals surface area contributed by atoms with Gasteiger partial charge in [-0.15, -0.1) is 0 Å². The van der Waals surface area contributed by atoms with Gasteiger partial charge in [0.05, 0.1) is 0 Å². The average Bonchev–Trinajstić information content (AvgIpc) is 2.49. The number of para-hydroxylation sites is 1. The minimum absolute atomic E-state index is 0.268. The number of amides is 2. The van der Waals surface area contributed by atoms with Gasteiger partial charge < -0.3 is 15.4 Å². The van der Waals surface area contributed by atoms with Crippen LogP contribution in [-0.4, -0.2) is 23.1 Å². The molecule has 0 heterocycles. The minimum Gasteiger partial charge on any atom is -0.444 e. The van der Waals surface area contributed by atoms with Crippen molar-refractivity contribution in [1.82, 2.24) is 5.32 Å². The SMILES string of the molecule is CC.CCC(C)(NC(=O)OC(C)(C)C)C(=O)Nc1ccccc1C. The van der Waals surface area contributed by atoms with Crippen molar-refractivity contribution in [3.63, 3.8) is 0 Å². The maximum Gasteiger partial charge on any atom is 0.408 e. The Morgan fingerprint density at radius 1 is 1.08 bits per heavy atom. The van der Waals surface area contributed by atoms with E-state index in [1.807, 2.05) is 52.0 Å². The van der Waals surface area contributed by atoms with Crippen LogP contribution in [0.4, 0.5) is 10.5 Å². The Labute approximate surface area is 146 Å². The summed E-state index contributed by atoms with van der Waals surface area (Å²) >= 11 is 0. The maximum atomic E-state index is 12.5. The van der Waals surface area contributed by atoms with Crippen molar-refractivity contribution < 1.29 is 14.3 Å². The molecule has 1 unspecified atom stereocenters. The van der Waals surface area contributed by atoms with Gasteiger partial charge in [0.2, 0.25) is 5.91 Å². The number of anilines is 1. The van der Waals surface area contributed by atoms with Crippen molar-refractivity contribution in [3.05, 3.63) is 29.8 Å². The number of ether oxygens (including phenoxy) is 1. The molecule has 0 saturated carbocycles. The monoisotopic (exact) mass is 336 g/mol. The highest BCUT2D eigenvalue weighted by Gasteiger charge is 2.34. The summed E-state index contributed by atoms with van der Waals surface area (Å²) in [5, 5.41) is 5.53. The molecule has 2 amide bonds. The second kappa shape index (κ2) is 9.30. The summed E-state index contributed by atoms with van der Waals surface area (Å²) in [6.07, 6.45) is -0.152. The van der Waals surface area contributed by atoms with Gasteiger partial charge in [0.15, 0.2) is 0 Å². The Kier molecular flexibility index (Phi) is 8.51. The van der Waals surface area contributed by atoms with E-state index < -0.39 is 17.2 Å². The number of nitrogens with one attached hydrogen (secondary N) is 2. The van der Waals surface area contributed by atoms with Crippen LogP contribution in [0.1, 0.15) is 60.5 Å². The summed E-state index contributed by atoms with van der Waals surface area (Å²) in [7, 11) is 0. The van der Waals surface area contributed by atoms with E-state index in [9.17, 15) is 9.59 Å². The normalized spacial score (nSPS) is 13.0. The lowest BCUT2D eigenvalue weighted by Gasteiger charge is -2.30. The quantitative estimate of drug-likeness (QED) is 0.841. The molecule has 136 valence electrons. The molecular weight excluding hydrogens is 304 g/mol. The van der Waals surface area contributed by atoms with E-state index in [0.717, 1.165) is 11.3 Å². The van der Waals surface area contributed by atoms with E-state index in [1.54, 1.807) is 27.7 Å². The van der Waals surface area contributed by atoms with E-state index >= 15 is 0 Å². The van der Waals surface area contributed by atoms with Crippen LogP contribution in [0.25, 0.3) is 0 Å². The number of hydrogen-bond acceptors (Lipinski definition) is 3. The summed E-state index contributed by atoms with van der Waals surface area (Å²) in [6.45, 7) is 14.8.